The largest absolute Gasteiger partial charge is 0.478 e. The van der Waals surface area contributed by atoms with Crippen LogP contribution in [0.25, 0.3) is 0 Å². The van der Waals surface area contributed by atoms with Gasteiger partial charge in [0.05, 0.1) is 0 Å². The van der Waals surface area contributed by atoms with Crippen LogP contribution < -0.4 is 15.6 Å². The van der Waals surface area contributed by atoms with Crippen LogP contribution in [0.1, 0.15) is 26.2 Å². The van der Waals surface area contributed by atoms with Crippen molar-refractivity contribution in [3.05, 3.63) is 30.1 Å². The number of carbonyl (C=O) groups excluding carboxylic acids is 4. The summed E-state index contributed by atoms with van der Waals surface area (Å²) in [6.07, 6.45) is -0.872. The Hall–Kier alpha value is -2.97. The van der Waals surface area contributed by atoms with Crippen LogP contribution in [-0.4, -0.2) is 41.2 Å². The Labute approximate surface area is 143 Å². The van der Waals surface area contributed by atoms with Crippen molar-refractivity contribution in [1.29, 1.82) is 0 Å². The molecule has 9 heteroatoms. The quantitative estimate of drug-likeness (QED) is 0.566. The zero-order valence-electron chi connectivity index (χ0n) is 13.6. The van der Waals surface area contributed by atoms with Crippen LogP contribution in [0.5, 0.6) is 5.75 Å². The number of carbonyl (C=O) groups is 4. The molecule has 1 aromatic rings. The molecule has 1 aliphatic heterocycles. The van der Waals surface area contributed by atoms with Gasteiger partial charge >= 0.3 is 0 Å². The number of ether oxygens (including phenoxy) is 1. The summed E-state index contributed by atoms with van der Waals surface area (Å²) in [5, 5.41) is 0. The van der Waals surface area contributed by atoms with Crippen LogP contribution in [0.15, 0.2) is 24.3 Å². The van der Waals surface area contributed by atoms with Crippen LogP contribution in [0, 0.1) is 5.82 Å². The highest BCUT2D eigenvalue weighted by molar-refractivity contribution is 6.02. The van der Waals surface area contributed by atoms with Gasteiger partial charge in [0.2, 0.25) is 17.7 Å². The first-order valence-corrected chi connectivity index (χ1v) is 7.71. The third-order valence-electron chi connectivity index (χ3n) is 3.55. The molecule has 0 aromatic heterocycles. The van der Waals surface area contributed by atoms with Crippen molar-refractivity contribution in [2.75, 3.05) is 6.54 Å². The molecule has 0 bridgehead atoms. The van der Waals surface area contributed by atoms with Gasteiger partial charge in [0, 0.05) is 25.8 Å². The number of halogens is 1. The van der Waals surface area contributed by atoms with E-state index in [0.717, 1.165) is 4.90 Å². The summed E-state index contributed by atoms with van der Waals surface area (Å²) in [7, 11) is 0. The van der Waals surface area contributed by atoms with Crippen LogP contribution in [0.3, 0.4) is 0 Å². The lowest BCUT2D eigenvalue weighted by Crippen LogP contribution is -2.48. The topological polar surface area (TPSA) is 105 Å². The summed E-state index contributed by atoms with van der Waals surface area (Å²) in [5.74, 6) is -2.56. The number of para-hydroxylation sites is 1. The predicted octanol–water partition coefficient (Wildman–Crippen LogP) is 0.279. The molecule has 1 aromatic carbocycles. The molecule has 0 saturated carbocycles. The number of imide groups is 1. The highest BCUT2D eigenvalue weighted by Gasteiger charge is 2.28. The van der Waals surface area contributed by atoms with Crippen LogP contribution in [-0.2, 0) is 19.2 Å². The second-order valence-electron chi connectivity index (χ2n) is 5.42. The zero-order valence-corrected chi connectivity index (χ0v) is 13.6. The van der Waals surface area contributed by atoms with Crippen molar-refractivity contribution in [2.45, 2.75) is 32.3 Å². The minimum absolute atomic E-state index is 0.0410. The molecular weight excluding hydrogens is 333 g/mol. The number of hydrazine groups is 1. The fourth-order valence-corrected chi connectivity index (χ4v) is 2.17. The van der Waals surface area contributed by atoms with E-state index < -0.39 is 23.7 Å². The fourth-order valence-electron chi connectivity index (χ4n) is 2.17. The lowest BCUT2D eigenvalue weighted by Gasteiger charge is -2.16. The monoisotopic (exact) mass is 351 g/mol. The van der Waals surface area contributed by atoms with E-state index >= 15 is 0 Å². The van der Waals surface area contributed by atoms with E-state index in [1.54, 1.807) is 6.07 Å². The maximum atomic E-state index is 13.5. The van der Waals surface area contributed by atoms with Crippen molar-refractivity contribution in [3.8, 4) is 5.75 Å². The molecule has 0 radical (unpaired) electrons. The van der Waals surface area contributed by atoms with Crippen molar-refractivity contribution in [1.82, 2.24) is 15.8 Å². The van der Waals surface area contributed by atoms with Gasteiger partial charge in [-0.05, 0) is 19.1 Å². The SMILES string of the molecule is C[C@@H](Oc1ccccc1F)C(=O)NNC(=O)CCN1C(=O)CCC1=O. The third kappa shape index (κ3) is 5.00. The number of nitrogens with zero attached hydrogens (tertiary/aromatic N) is 1. The number of rotatable bonds is 6. The highest BCUT2D eigenvalue weighted by Crippen LogP contribution is 2.16. The molecule has 1 saturated heterocycles. The van der Waals surface area contributed by atoms with Crippen molar-refractivity contribution in [2.24, 2.45) is 0 Å². The summed E-state index contributed by atoms with van der Waals surface area (Å²) < 4.78 is 18.6. The number of hydrogen-bond acceptors (Lipinski definition) is 5. The summed E-state index contributed by atoms with van der Waals surface area (Å²) in [4.78, 5) is 47.4. The zero-order chi connectivity index (χ0) is 18.4. The van der Waals surface area contributed by atoms with Crippen LogP contribution >= 0.6 is 0 Å². The van der Waals surface area contributed by atoms with Gasteiger partial charge in [-0.15, -0.1) is 0 Å². The van der Waals surface area contributed by atoms with E-state index in [1.165, 1.54) is 25.1 Å². The molecule has 25 heavy (non-hydrogen) atoms. The number of hydrogen-bond donors (Lipinski definition) is 2. The molecule has 134 valence electrons. The molecule has 2 rings (SSSR count). The first-order chi connectivity index (χ1) is 11.9. The fraction of sp³-hybridized carbons (Fsp3) is 0.375. The van der Waals surface area contributed by atoms with Gasteiger partial charge in [-0.1, -0.05) is 12.1 Å². The Balaban J connectivity index is 1.73. The average molecular weight is 351 g/mol. The first kappa shape index (κ1) is 18.4. The Bertz CT molecular complexity index is 678. The van der Waals surface area contributed by atoms with Gasteiger partial charge in [-0.3, -0.25) is 34.9 Å². The van der Waals surface area contributed by atoms with Crippen LogP contribution in [0.2, 0.25) is 0 Å². The molecule has 4 amide bonds. The van der Waals surface area contributed by atoms with Gasteiger partial charge in [0.15, 0.2) is 17.7 Å². The van der Waals surface area contributed by atoms with E-state index in [4.69, 9.17) is 4.74 Å². The second kappa shape index (κ2) is 8.22. The van der Waals surface area contributed by atoms with Crippen molar-refractivity contribution in [3.63, 3.8) is 0 Å². The van der Waals surface area contributed by atoms with Gasteiger partial charge in [-0.25, -0.2) is 4.39 Å². The molecule has 1 fully saturated rings. The number of likely N-dealkylation sites (tertiary alicyclic amines) is 1. The first-order valence-electron chi connectivity index (χ1n) is 7.71. The third-order valence-corrected chi connectivity index (χ3v) is 3.55. The Morgan fingerprint density at radius 3 is 2.48 bits per heavy atom. The van der Waals surface area contributed by atoms with E-state index in [1.807, 2.05) is 0 Å². The van der Waals surface area contributed by atoms with Gasteiger partial charge in [0.25, 0.3) is 5.91 Å². The summed E-state index contributed by atoms with van der Waals surface area (Å²) in [6, 6.07) is 5.62. The lowest BCUT2D eigenvalue weighted by atomic mass is 10.3. The molecule has 1 aliphatic rings. The molecule has 2 N–H and O–H groups in total. The maximum absolute atomic E-state index is 13.5. The summed E-state index contributed by atoms with van der Waals surface area (Å²) >= 11 is 0. The highest BCUT2D eigenvalue weighted by atomic mass is 19.1. The predicted molar refractivity (Wildman–Crippen MR) is 83.3 cm³/mol. The Morgan fingerprint density at radius 2 is 1.84 bits per heavy atom. The van der Waals surface area contributed by atoms with Gasteiger partial charge in [0.1, 0.15) is 0 Å². The van der Waals surface area contributed by atoms with E-state index in [0.29, 0.717) is 0 Å². The number of nitrogens with one attached hydrogen (secondary N) is 2. The molecule has 8 nitrogen and oxygen atoms in total. The lowest BCUT2D eigenvalue weighted by molar-refractivity contribution is -0.139. The summed E-state index contributed by atoms with van der Waals surface area (Å²) in [5.41, 5.74) is 4.30. The normalized spacial score (nSPS) is 15.0. The van der Waals surface area contributed by atoms with Gasteiger partial charge < -0.3 is 4.74 Å². The number of benzene rings is 1. The maximum Gasteiger partial charge on any atom is 0.279 e. The smallest absolute Gasteiger partial charge is 0.279 e. The summed E-state index contributed by atoms with van der Waals surface area (Å²) in [6.45, 7) is 1.36. The number of amides is 4. The average Bonchev–Trinajstić information content (AvgIpc) is 2.91. The standard InChI is InChI=1S/C16H18FN3O5/c1-10(25-12-5-3-2-4-11(12)17)16(24)19-18-13(21)8-9-20-14(22)6-7-15(20)23/h2-5,10H,6-9H2,1H3,(H,18,21)(H,19,24)/t10-/m1/s1. The van der Waals surface area contributed by atoms with E-state index in [-0.39, 0.29) is 43.4 Å². The van der Waals surface area contributed by atoms with Crippen molar-refractivity contribution < 1.29 is 28.3 Å². The minimum Gasteiger partial charge on any atom is -0.478 e. The van der Waals surface area contributed by atoms with E-state index in [2.05, 4.69) is 10.9 Å². The molecule has 0 unspecified atom stereocenters. The molecule has 0 aliphatic carbocycles. The second-order valence-corrected chi connectivity index (χ2v) is 5.42. The minimum atomic E-state index is -1.04. The van der Waals surface area contributed by atoms with E-state index in [9.17, 15) is 23.6 Å². The molecule has 1 heterocycles. The van der Waals surface area contributed by atoms with Crippen molar-refractivity contribution >= 4 is 23.6 Å². The van der Waals surface area contributed by atoms with Gasteiger partial charge in [-0.2, -0.15) is 0 Å². The molecule has 0 spiro atoms. The molecular formula is C16H18FN3O5. The Morgan fingerprint density at radius 1 is 1.20 bits per heavy atom. The van der Waals surface area contributed by atoms with Crippen LogP contribution in [0.4, 0.5) is 4.39 Å². The molecule has 1 atom stereocenters. The Kier molecular flexibility index (Phi) is 6.04.